The number of halogens is 2. The van der Waals surface area contributed by atoms with Gasteiger partial charge in [-0.25, -0.2) is 4.39 Å². The van der Waals surface area contributed by atoms with Crippen molar-refractivity contribution in [3.8, 4) is 11.5 Å². The zero-order chi connectivity index (χ0) is 19.4. The largest absolute Gasteiger partial charge is 0.495 e. The van der Waals surface area contributed by atoms with Gasteiger partial charge in [-0.05, 0) is 59.8 Å². The van der Waals surface area contributed by atoms with E-state index in [0.29, 0.717) is 27.0 Å². The topological polar surface area (TPSA) is 55.8 Å². The number of rotatable bonds is 6. The van der Waals surface area contributed by atoms with E-state index in [1.807, 2.05) is 0 Å². The van der Waals surface area contributed by atoms with Gasteiger partial charge in [0, 0.05) is 0 Å². The van der Waals surface area contributed by atoms with Gasteiger partial charge in [-0.3, -0.25) is 14.5 Å². The molecule has 0 spiro atoms. The second kappa shape index (κ2) is 8.45. The number of imide groups is 1. The Hall–Kier alpha value is -2.51. The molecule has 0 aliphatic carbocycles. The third kappa shape index (κ3) is 4.61. The van der Waals surface area contributed by atoms with Crippen LogP contribution >= 0.6 is 23.4 Å². The second-order valence-electron chi connectivity index (χ2n) is 5.53. The van der Waals surface area contributed by atoms with Gasteiger partial charge >= 0.3 is 0 Å². The van der Waals surface area contributed by atoms with Crippen molar-refractivity contribution < 1.29 is 23.5 Å². The van der Waals surface area contributed by atoms with Crippen molar-refractivity contribution in [3.05, 3.63) is 63.8 Å². The minimum atomic E-state index is -0.389. The fourth-order valence-corrected chi connectivity index (χ4v) is 3.53. The quantitative estimate of drug-likeness (QED) is 0.655. The minimum Gasteiger partial charge on any atom is -0.495 e. The summed E-state index contributed by atoms with van der Waals surface area (Å²) in [6.07, 6.45) is 1.61. The lowest BCUT2D eigenvalue weighted by atomic mass is 10.2. The number of amides is 2. The van der Waals surface area contributed by atoms with E-state index in [2.05, 4.69) is 0 Å². The summed E-state index contributed by atoms with van der Waals surface area (Å²) in [6.45, 7) is 0.216. The average Bonchev–Trinajstić information content (AvgIpc) is 2.91. The molecule has 2 aromatic rings. The van der Waals surface area contributed by atoms with Crippen molar-refractivity contribution in [2.45, 2.75) is 0 Å². The molecule has 0 N–H and O–H groups in total. The van der Waals surface area contributed by atoms with Crippen LogP contribution in [0.15, 0.2) is 47.4 Å². The van der Waals surface area contributed by atoms with Crippen LogP contribution in [0.5, 0.6) is 11.5 Å². The Kier molecular flexibility index (Phi) is 6.03. The van der Waals surface area contributed by atoms with Gasteiger partial charge in [0.25, 0.3) is 11.1 Å². The van der Waals surface area contributed by atoms with E-state index < -0.39 is 0 Å². The number of methoxy groups -OCH3 is 1. The number of hydrogen-bond acceptors (Lipinski definition) is 5. The standard InChI is InChI=1S/C19H15ClFNO4S/c1-25-16-7-2-12(10-15(16)20)11-17-18(23)22(19(24)27-17)8-9-26-14-5-3-13(21)4-6-14/h2-7,10-11H,8-9H2,1H3/b17-11-. The molecule has 1 fully saturated rings. The van der Waals surface area contributed by atoms with Crippen molar-refractivity contribution in [2.75, 3.05) is 20.3 Å². The Balaban J connectivity index is 1.64. The molecular formula is C19H15ClFNO4S. The Labute approximate surface area is 164 Å². The van der Waals surface area contributed by atoms with Crippen molar-refractivity contribution in [1.29, 1.82) is 0 Å². The number of benzene rings is 2. The number of carbonyl (C=O) groups is 2. The summed E-state index contributed by atoms with van der Waals surface area (Å²) in [6, 6.07) is 10.6. The summed E-state index contributed by atoms with van der Waals surface area (Å²) in [5, 5.41) is 0.0479. The lowest BCUT2D eigenvalue weighted by Gasteiger charge is -2.13. The smallest absolute Gasteiger partial charge is 0.293 e. The van der Waals surface area contributed by atoms with E-state index in [1.165, 1.54) is 31.4 Å². The summed E-state index contributed by atoms with van der Waals surface area (Å²) < 4.78 is 23.4. The highest BCUT2D eigenvalue weighted by atomic mass is 35.5. The van der Waals surface area contributed by atoms with Crippen molar-refractivity contribution in [1.82, 2.24) is 4.90 Å². The maximum absolute atomic E-state index is 12.9. The average molecular weight is 408 g/mol. The lowest BCUT2D eigenvalue weighted by Crippen LogP contribution is -2.32. The second-order valence-corrected chi connectivity index (χ2v) is 6.93. The molecule has 0 aromatic heterocycles. The highest BCUT2D eigenvalue weighted by Gasteiger charge is 2.34. The van der Waals surface area contributed by atoms with Crippen molar-refractivity contribution in [3.63, 3.8) is 0 Å². The summed E-state index contributed by atoms with van der Waals surface area (Å²) in [4.78, 5) is 26.0. The summed E-state index contributed by atoms with van der Waals surface area (Å²) in [7, 11) is 1.51. The maximum atomic E-state index is 12.9. The molecule has 1 heterocycles. The molecule has 5 nitrogen and oxygen atoms in total. The van der Waals surface area contributed by atoms with Crippen molar-refractivity contribution >= 4 is 40.6 Å². The molecule has 0 bridgehead atoms. The van der Waals surface area contributed by atoms with E-state index >= 15 is 0 Å². The third-order valence-electron chi connectivity index (χ3n) is 3.74. The van der Waals surface area contributed by atoms with Gasteiger partial charge < -0.3 is 9.47 Å². The molecule has 3 rings (SSSR count). The number of thioether (sulfide) groups is 1. The van der Waals surface area contributed by atoms with E-state index in [0.717, 1.165) is 16.7 Å². The van der Waals surface area contributed by atoms with Crippen LogP contribution in [0.3, 0.4) is 0 Å². The first-order valence-electron chi connectivity index (χ1n) is 7.95. The SMILES string of the molecule is COc1ccc(/C=C2\SC(=O)N(CCOc3ccc(F)cc3)C2=O)cc1Cl. The molecule has 0 saturated carbocycles. The number of nitrogens with zero attached hydrogens (tertiary/aromatic N) is 1. The van der Waals surface area contributed by atoms with Crippen LogP contribution in [0.2, 0.25) is 5.02 Å². The highest BCUT2D eigenvalue weighted by Crippen LogP contribution is 2.33. The monoisotopic (exact) mass is 407 g/mol. The van der Waals surface area contributed by atoms with E-state index in [9.17, 15) is 14.0 Å². The Morgan fingerprint density at radius 3 is 2.59 bits per heavy atom. The molecule has 8 heteroatoms. The van der Waals surface area contributed by atoms with E-state index in [-0.39, 0.29) is 30.1 Å². The Bertz CT molecular complexity index is 901. The molecule has 2 aromatic carbocycles. The lowest BCUT2D eigenvalue weighted by molar-refractivity contribution is -0.123. The van der Waals surface area contributed by atoms with Gasteiger partial charge in [-0.15, -0.1) is 0 Å². The Morgan fingerprint density at radius 1 is 1.19 bits per heavy atom. The molecule has 140 valence electrons. The van der Waals surface area contributed by atoms with Crippen LogP contribution < -0.4 is 9.47 Å². The molecule has 0 atom stereocenters. The van der Waals surface area contributed by atoms with Crippen LogP contribution in [-0.4, -0.2) is 36.3 Å². The van der Waals surface area contributed by atoms with Crippen LogP contribution in [0, 0.1) is 5.82 Å². The zero-order valence-electron chi connectivity index (χ0n) is 14.3. The first-order valence-corrected chi connectivity index (χ1v) is 9.14. The fourth-order valence-electron chi connectivity index (χ4n) is 2.40. The molecular weight excluding hydrogens is 393 g/mol. The predicted octanol–water partition coefficient (Wildman–Crippen LogP) is 4.60. The van der Waals surface area contributed by atoms with Gasteiger partial charge in [0.15, 0.2) is 0 Å². The molecule has 1 aliphatic heterocycles. The predicted molar refractivity (Wildman–Crippen MR) is 103 cm³/mol. The molecule has 1 saturated heterocycles. The first-order chi connectivity index (χ1) is 13.0. The van der Waals surface area contributed by atoms with Crippen LogP contribution in [0.1, 0.15) is 5.56 Å². The number of hydrogen-bond donors (Lipinski definition) is 0. The van der Waals surface area contributed by atoms with Gasteiger partial charge in [0.2, 0.25) is 0 Å². The molecule has 27 heavy (non-hydrogen) atoms. The minimum absolute atomic E-state index is 0.1000. The van der Waals surface area contributed by atoms with Gasteiger partial charge in [-0.2, -0.15) is 0 Å². The normalized spacial score (nSPS) is 15.5. The summed E-state index contributed by atoms with van der Waals surface area (Å²) in [5.74, 6) is 0.239. The van der Waals surface area contributed by atoms with Gasteiger partial charge in [0.05, 0.1) is 23.6 Å². The summed E-state index contributed by atoms with van der Waals surface area (Å²) in [5.41, 5.74) is 0.689. The molecule has 2 amide bonds. The van der Waals surface area contributed by atoms with Gasteiger partial charge in [-0.1, -0.05) is 17.7 Å². The van der Waals surface area contributed by atoms with Crippen LogP contribution in [0.4, 0.5) is 9.18 Å². The highest BCUT2D eigenvalue weighted by molar-refractivity contribution is 8.18. The zero-order valence-corrected chi connectivity index (χ0v) is 15.8. The Morgan fingerprint density at radius 2 is 1.93 bits per heavy atom. The first kappa shape index (κ1) is 19.3. The van der Waals surface area contributed by atoms with Gasteiger partial charge in [0.1, 0.15) is 23.9 Å². The summed E-state index contributed by atoms with van der Waals surface area (Å²) >= 11 is 6.94. The van der Waals surface area contributed by atoms with Crippen LogP contribution in [0.25, 0.3) is 6.08 Å². The van der Waals surface area contributed by atoms with Crippen LogP contribution in [-0.2, 0) is 4.79 Å². The van der Waals surface area contributed by atoms with Crippen molar-refractivity contribution in [2.24, 2.45) is 0 Å². The molecule has 0 radical (unpaired) electrons. The van der Waals surface area contributed by atoms with E-state index in [4.69, 9.17) is 21.1 Å². The third-order valence-corrected chi connectivity index (χ3v) is 4.95. The fraction of sp³-hybridized carbons (Fsp3) is 0.158. The number of ether oxygens (including phenoxy) is 2. The molecule has 0 unspecified atom stereocenters. The number of carbonyl (C=O) groups excluding carboxylic acids is 2. The maximum Gasteiger partial charge on any atom is 0.293 e. The molecule has 1 aliphatic rings. The van der Waals surface area contributed by atoms with E-state index in [1.54, 1.807) is 24.3 Å².